The first-order chi connectivity index (χ1) is 9.61. The van der Waals surface area contributed by atoms with Crippen LogP contribution in [0.2, 0.25) is 0 Å². The SMILES string of the molecule is Cc1nc(SCC(=O)C(C)(C)C)[nH]c(=O)c1CCC(C)C. The summed E-state index contributed by atoms with van der Waals surface area (Å²) in [6.45, 7) is 11.8. The molecule has 21 heavy (non-hydrogen) atoms. The first-order valence-corrected chi connectivity index (χ1v) is 8.35. The van der Waals surface area contributed by atoms with E-state index in [9.17, 15) is 9.59 Å². The van der Waals surface area contributed by atoms with Gasteiger partial charge in [0, 0.05) is 16.7 Å². The van der Waals surface area contributed by atoms with E-state index in [1.807, 2.05) is 27.7 Å². The zero-order valence-corrected chi connectivity index (χ0v) is 14.7. The summed E-state index contributed by atoms with van der Waals surface area (Å²) in [5.41, 5.74) is 1.09. The van der Waals surface area contributed by atoms with Crippen molar-refractivity contribution in [2.24, 2.45) is 11.3 Å². The maximum atomic E-state index is 12.1. The number of Topliss-reactive ketones (excluding diaryl/α,β-unsaturated/α-hetero) is 1. The highest BCUT2D eigenvalue weighted by atomic mass is 32.2. The van der Waals surface area contributed by atoms with E-state index in [2.05, 4.69) is 23.8 Å². The molecule has 0 unspecified atom stereocenters. The molecule has 0 atom stereocenters. The normalized spacial score (nSPS) is 12.0. The molecule has 0 spiro atoms. The molecule has 0 aromatic carbocycles. The van der Waals surface area contributed by atoms with Gasteiger partial charge in [0.15, 0.2) is 5.16 Å². The number of ketones is 1. The van der Waals surface area contributed by atoms with Gasteiger partial charge in [0.25, 0.3) is 5.56 Å². The van der Waals surface area contributed by atoms with Crippen molar-refractivity contribution in [2.75, 3.05) is 5.75 Å². The Balaban J connectivity index is 2.79. The molecule has 1 aromatic heterocycles. The van der Waals surface area contributed by atoms with E-state index < -0.39 is 0 Å². The van der Waals surface area contributed by atoms with E-state index >= 15 is 0 Å². The van der Waals surface area contributed by atoms with Gasteiger partial charge in [-0.15, -0.1) is 0 Å². The Hall–Kier alpha value is -1.10. The summed E-state index contributed by atoms with van der Waals surface area (Å²) in [5, 5.41) is 0.531. The van der Waals surface area contributed by atoms with Crippen LogP contribution in [-0.2, 0) is 11.2 Å². The van der Waals surface area contributed by atoms with Gasteiger partial charge in [0.1, 0.15) is 5.78 Å². The number of rotatable bonds is 6. The zero-order valence-electron chi connectivity index (χ0n) is 13.9. The van der Waals surface area contributed by atoms with E-state index in [4.69, 9.17) is 0 Å². The molecule has 0 aliphatic rings. The van der Waals surface area contributed by atoms with E-state index in [0.29, 0.717) is 16.8 Å². The van der Waals surface area contributed by atoms with Gasteiger partial charge >= 0.3 is 0 Å². The second-order valence-corrected chi connectivity index (χ2v) is 7.79. The number of H-pyrrole nitrogens is 1. The van der Waals surface area contributed by atoms with Crippen molar-refractivity contribution < 1.29 is 4.79 Å². The summed E-state index contributed by atoms with van der Waals surface area (Å²) < 4.78 is 0. The van der Waals surface area contributed by atoms with Crippen LogP contribution < -0.4 is 5.56 Å². The molecule has 4 nitrogen and oxygen atoms in total. The van der Waals surface area contributed by atoms with Crippen LogP contribution in [0.1, 0.15) is 52.3 Å². The van der Waals surface area contributed by atoms with Crippen LogP contribution in [0, 0.1) is 18.3 Å². The quantitative estimate of drug-likeness (QED) is 0.646. The second kappa shape index (κ2) is 7.25. The third-order valence-electron chi connectivity index (χ3n) is 3.35. The predicted octanol–water partition coefficient (Wildman–Crippen LogP) is 3.37. The van der Waals surface area contributed by atoms with Crippen LogP contribution in [0.25, 0.3) is 0 Å². The number of nitrogens with one attached hydrogen (secondary N) is 1. The van der Waals surface area contributed by atoms with Crippen molar-refractivity contribution in [2.45, 2.75) is 59.5 Å². The molecule has 0 saturated carbocycles. The van der Waals surface area contributed by atoms with Crippen LogP contribution in [-0.4, -0.2) is 21.5 Å². The van der Waals surface area contributed by atoms with E-state index in [0.717, 1.165) is 24.1 Å². The molecule has 0 aliphatic carbocycles. The molecule has 0 aliphatic heterocycles. The van der Waals surface area contributed by atoms with E-state index in [1.54, 1.807) is 0 Å². The van der Waals surface area contributed by atoms with Crippen LogP contribution in [0.3, 0.4) is 0 Å². The highest BCUT2D eigenvalue weighted by Crippen LogP contribution is 2.21. The molecule has 118 valence electrons. The standard InChI is InChI=1S/C16H26N2O2S/c1-10(2)7-8-12-11(3)17-15(18-14(12)20)21-9-13(19)16(4,5)6/h10H,7-9H2,1-6H3,(H,17,18,20). The van der Waals surface area contributed by atoms with Gasteiger partial charge < -0.3 is 4.98 Å². The fourth-order valence-corrected chi connectivity index (χ4v) is 2.80. The fourth-order valence-electron chi connectivity index (χ4n) is 1.73. The van der Waals surface area contributed by atoms with Gasteiger partial charge in [-0.05, 0) is 25.7 Å². The Bertz CT molecular complexity index is 556. The van der Waals surface area contributed by atoms with Gasteiger partial charge in [0.2, 0.25) is 0 Å². The van der Waals surface area contributed by atoms with Gasteiger partial charge in [-0.1, -0.05) is 46.4 Å². The smallest absolute Gasteiger partial charge is 0.254 e. The van der Waals surface area contributed by atoms with Gasteiger partial charge in [-0.2, -0.15) is 0 Å². The lowest BCUT2D eigenvalue weighted by Crippen LogP contribution is -2.23. The zero-order chi connectivity index (χ0) is 16.2. The minimum absolute atomic E-state index is 0.0751. The minimum Gasteiger partial charge on any atom is -0.301 e. The Kier molecular flexibility index (Phi) is 6.20. The molecule has 0 saturated heterocycles. The molecule has 1 heterocycles. The van der Waals surface area contributed by atoms with Crippen LogP contribution in [0.4, 0.5) is 0 Å². The number of aryl methyl sites for hydroxylation is 1. The van der Waals surface area contributed by atoms with Crippen molar-refractivity contribution in [1.29, 1.82) is 0 Å². The first-order valence-electron chi connectivity index (χ1n) is 7.37. The lowest BCUT2D eigenvalue weighted by atomic mass is 9.92. The monoisotopic (exact) mass is 310 g/mol. The molecule has 0 fully saturated rings. The molecule has 5 heteroatoms. The van der Waals surface area contributed by atoms with Crippen molar-refractivity contribution in [3.63, 3.8) is 0 Å². The maximum absolute atomic E-state index is 12.1. The topological polar surface area (TPSA) is 62.8 Å². The molecular weight excluding hydrogens is 284 g/mol. The van der Waals surface area contributed by atoms with Crippen molar-refractivity contribution in [3.05, 3.63) is 21.6 Å². The van der Waals surface area contributed by atoms with Gasteiger partial charge in [0.05, 0.1) is 5.75 Å². The number of carbonyl (C=O) groups excluding carboxylic acids is 1. The lowest BCUT2D eigenvalue weighted by Gasteiger charge is -2.15. The number of thioether (sulfide) groups is 1. The van der Waals surface area contributed by atoms with E-state index in [-0.39, 0.29) is 16.8 Å². The number of carbonyl (C=O) groups is 1. The summed E-state index contributed by atoms with van der Waals surface area (Å²) >= 11 is 1.30. The first kappa shape index (κ1) is 18.0. The maximum Gasteiger partial charge on any atom is 0.254 e. The molecule has 1 aromatic rings. The van der Waals surface area contributed by atoms with Crippen LogP contribution >= 0.6 is 11.8 Å². The third kappa shape index (κ3) is 5.65. The summed E-state index contributed by atoms with van der Waals surface area (Å²) in [6, 6.07) is 0. The summed E-state index contributed by atoms with van der Waals surface area (Å²) in [5.74, 6) is 1.04. The molecular formula is C16H26N2O2S. The largest absolute Gasteiger partial charge is 0.301 e. The fraction of sp³-hybridized carbons (Fsp3) is 0.688. The predicted molar refractivity (Wildman–Crippen MR) is 87.9 cm³/mol. The molecule has 0 amide bonds. The number of aromatic amines is 1. The van der Waals surface area contributed by atoms with Crippen molar-refractivity contribution in [3.8, 4) is 0 Å². The third-order valence-corrected chi connectivity index (χ3v) is 4.22. The van der Waals surface area contributed by atoms with Crippen LogP contribution in [0.15, 0.2) is 9.95 Å². The highest BCUT2D eigenvalue weighted by Gasteiger charge is 2.21. The molecule has 1 N–H and O–H groups in total. The summed E-state index contributed by atoms with van der Waals surface area (Å²) in [4.78, 5) is 31.2. The van der Waals surface area contributed by atoms with Gasteiger partial charge in [-0.25, -0.2) is 4.98 Å². The number of nitrogens with zero attached hydrogens (tertiary/aromatic N) is 1. The van der Waals surface area contributed by atoms with Crippen molar-refractivity contribution in [1.82, 2.24) is 9.97 Å². The highest BCUT2D eigenvalue weighted by molar-refractivity contribution is 7.99. The minimum atomic E-state index is -0.362. The molecule has 1 rings (SSSR count). The van der Waals surface area contributed by atoms with E-state index in [1.165, 1.54) is 11.8 Å². The Morgan fingerprint density at radius 3 is 2.43 bits per heavy atom. The lowest BCUT2D eigenvalue weighted by molar-refractivity contribution is -0.123. The van der Waals surface area contributed by atoms with Crippen molar-refractivity contribution >= 4 is 17.5 Å². The Morgan fingerprint density at radius 1 is 1.33 bits per heavy atom. The molecule has 0 radical (unpaired) electrons. The Morgan fingerprint density at radius 2 is 1.95 bits per heavy atom. The second-order valence-electron chi connectivity index (χ2n) is 6.83. The average Bonchev–Trinajstić information content (AvgIpc) is 2.33. The molecule has 0 bridgehead atoms. The summed E-state index contributed by atoms with van der Waals surface area (Å²) in [7, 11) is 0. The summed E-state index contributed by atoms with van der Waals surface area (Å²) in [6.07, 6.45) is 1.72. The average molecular weight is 310 g/mol. The number of hydrogen-bond acceptors (Lipinski definition) is 4. The Labute approximate surface area is 131 Å². The number of hydrogen-bond donors (Lipinski definition) is 1. The number of aromatic nitrogens is 2. The van der Waals surface area contributed by atoms with Gasteiger partial charge in [-0.3, -0.25) is 9.59 Å². The van der Waals surface area contributed by atoms with Crippen LogP contribution in [0.5, 0.6) is 0 Å².